The Morgan fingerprint density at radius 2 is 2.26 bits per heavy atom. The van der Waals surface area contributed by atoms with Crippen molar-refractivity contribution in [2.24, 2.45) is 7.05 Å². The van der Waals surface area contributed by atoms with Crippen molar-refractivity contribution in [3.8, 4) is 0 Å². The molecule has 0 aromatic carbocycles. The number of carbonyl (C=O) groups is 1. The van der Waals surface area contributed by atoms with Gasteiger partial charge in [-0.3, -0.25) is 4.79 Å². The van der Waals surface area contributed by atoms with Crippen LogP contribution in [0.4, 0.5) is 4.79 Å². The molecule has 0 spiro atoms. The number of aryl methyl sites for hydroxylation is 1. The second kappa shape index (κ2) is 7.59. The van der Waals surface area contributed by atoms with Gasteiger partial charge in [0.1, 0.15) is 0 Å². The number of hydrogen-bond acceptors (Lipinski definition) is 4. The normalized spacial score (nSPS) is 15.4. The first-order valence-corrected chi connectivity index (χ1v) is 8.20. The maximum atomic E-state index is 12.3. The van der Waals surface area contributed by atoms with Crippen molar-refractivity contribution in [1.82, 2.24) is 24.7 Å². The third-order valence-corrected chi connectivity index (χ3v) is 4.66. The van der Waals surface area contributed by atoms with E-state index in [1.807, 2.05) is 0 Å². The lowest BCUT2D eigenvalue weighted by atomic mass is 10.1. The highest BCUT2D eigenvalue weighted by atomic mass is 16.2. The maximum Gasteiger partial charge on any atom is 0.317 e. The van der Waals surface area contributed by atoms with Crippen molar-refractivity contribution in [3.63, 3.8) is 0 Å². The van der Waals surface area contributed by atoms with Gasteiger partial charge in [-0.2, -0.15) is 0 Å². The Bertz CT molecular complexity index is 613. The van der Waals surface area contributed by atoms with Crippen molar-refractivity contribution >= 4 is 6.03 Å². The van der Waals surface area contributed by atoms with E-state index in [-0.39, 0.29) is 11.6 Å². The summed E-state index contributed by atoms with van der Waals surface area (Å²) in [5.74, 6) is 0. The van der Waals surface area contributed by atoms with Gasteiger partial charge in [0.05, 0.1) is 18.6 Å². The standard InChI is InChI=1S/C16H27N5O2/c1-5-12(2)19(3)9-7-17-16(23)21-8-6-13-14(10-21)18-11-20(4)15(13)22/h11-12H,5-10H2,1-4H3,(H,17,23). The fourth-order valence-corrected chi connectivity index (χ4v) is 2.67. The monoisotopic (exact) mass is 321 g/mol. The van der Waals surface area contributed by atoms with E-state index in [1.165, 1.54) is 10.9 Å². The number of rotatable bonds is 5. The molecule has 1 aliphatic rings. The smallest absolute Gasteiger partial charge is 0.317 e. The molecule has 1 aliphatic heterocycles. The van der Waals surface area contributed by atoms with Gasteiger partial charge >= 0.3 is 6.03 Å². The van der Waals surface area contributed by atoms with Crippen molar-refractivity contribution in [1.29, 1.82) is 0 Å². The first kappa shape index (κ1) is 17.5. The fourth-order valence-electron chi connectivity index (χ4n) is 2.67. The zero-order valence-corrected chi connectivity index (χ0v) is 14.5. The third-order valence-electron chi connectivity index (χ3n) is 4.66. The summed E-state index contributed by atoms with van der Waals surface area (Å²) in [4.78, 5) is 32.5. The van der Waals surface area contributed by atoms with Crippen LogP contribution in [-0.2, 0) is 20.0 Å². The summed E-state index contributed by atoms with van der Waals surface area (Å²) < 4.78 is 1.49. The second-order valence-electron chi connectivity index (χ2n) is 6.23. The molecule has 23 heavy (non-hydrogen) atoms. The molecular weight excluding hydrogens is 294 g/mol. The van der Waals surface area contributed by atoms with Crippen molar-refractivity contribution < 1.29 is 4.79 Å². The zero-order chi connectivity index (χ0) is 17.0. The summed E-state index contributed by atoms with van der Waals surface area (Å²) in [5.41, 5.74) is 1.44. The quantitative estimate of drug-likeness (QED) is 0.861. The van der Waals surface area contributed by atoms with Crippen LogP contribution in [0.2, 0.25) is 0 Å². The van der Waals surface area contributed by atoms with Crippen LogP contribution in [0.3, 0.4) is 0 Å². The number of urea groups is 1. The van der Waals surface area contributed by atoms with E-state index in [4.69, 9.17) is 0 Å². The Labute approximate surface area is 137 Å². The number of fused-ring (bicyclic) bond motifs is 1. The molecule has 1 atom stereocenters. The van der Waals surface area contributed by atoms with Crippen LogP contribution >= 0.6 is 0 Å². The van der Waals surface area contributed by atoms with E-state index in [0.29, 0.717) is 37.8 Å². The molecule has 0 bridgehead atoms. The molecule has 0 radical (unpaired) electrons. The lowest BCUT2D eigenvalue weighted by Crippen LogP contribution is -2.46. The highest BCUT2D eigenvalue weighted by molar-refractivity contribution is 5.74. The second-order valence-corrected chi connectivity index (χ2v) is 6.23. The van der Waals surface area contributed by atoms with Crippen LogP contribution in [0.1, 0.15) is 31.5 Å². The number of carbonyl (C=O) groups excluding carboxylic acids is 1. The predicted molar refractivity (Wildman–Crippen MR) is 89.4 cm³/mol. The van der Waals surface area contributed by atoms with Gasteiger partial charge in [-0.05, 0) is 26.8 Å². The molecule has 0 aliphatic carbocycles. The van der Waals surface area contributed by atoms with Crippen molar-refractivity contribution in [2.45, 2.75) is 39.3 Å². The minimum absolute atomic E-state index is 0.00904. The summed E-state index contributed by atoms with van der Waals surface area (Å²) in [7, 11) is 3.76. The van der Waals surface area contributed by atoms with Crippen molar-refractivity contribution in [2.75, 3.05) is 26.7 Å². The average molecular weight is 321 g/mol. The summed E-state index contributed by atoms with van der Waals surface area (Å²) in [6, 6.07) is 0.421. The SMILES string of the molecule is CCC(C)N(C)CCNC(=O)N1CCc2c(ncn(C)c2=O)C1. The Morgan fingerprint density at radius 3 is 2.96 bits per heavy atom. The van der Waals surface area contributed by atoms with Gasteiger partial charge in [0.25, 0.3) is 5.56 Å². The van der Waals surface area contributed by atoms with Crippen LogP contribution in [0, 0.1) is 0 Å². The summed E-state index contributed by atoms with van der Waals surface area (Å²) in [6.07, 6.45) is 3.17. The van der Waals surface area contributed by atoms with E-state index in [9.17, 15) is 9.59 Å². The van der Waals surface area contributed by atoms with Crippen LogP contribution in [0.5, 0.6) is 0 Å². The van der Waals surface area contributed by atoms with Gasteiger partial charge in [0, 0.05) is 38.3 Å². The first-order chi connectivity index (χ1) is 10.9. The lowest BCUT2D eigenvalue weighted by molar-refractivity contribution is 0.187. The fraction of sp³-hybridized carbons (Fsp3) is 0.688. The number of likely N-dealkylation sites (N-methyl/N-ethyl adjacent to an activating group) is 1. The summed E-state index contributed by atoms with van der Waals surface area (Å²) >= 11 is 0. The molecule has 1 aromatic heterocycles. The molecule has 0 fully saturated rings. The van der Waals surface area contributed by atoms with Gasteiger partial charge in [0.2, 0.25) is 0 Å². The molecule has 0 saturated heterocycles. The van der Waals surface area contributed by atoms with Crippen LogP contribution < -0.4 is 10.9 Å². The molecular formula is C16H27N5O2. The highest BCUT2D eigenvalue weighted by Gasteiger charge is 2.23. The number of amides is 2. The summed E-state index contributed by atoms with van der Waals surface area (Å²) in [5, 5.41) is 2.95. The van der Waals surface area contributed by atoms with Gasteiger partial charge in [0.15, 0.2) is 0 Å². The number of nitrogens with one attached hydrogen (secondary N) is 1. The number of nitrogens with zero attached hydrogens (tertiary/aromatic N) is 4. The highest BCUT2D eigenvalue weighted by Crippen LogP contribution is 2.13. The molecule has 1 unspecified atom stereocenters. The topological polar surface area (TPSA) is 70.5 Å². The lowest BCUT2D eigenvalue weighted by Gasteiger charge is -2.29. The van der Waals surface area contributed by atoms with E-state index >= 15 is 0 Å². The third kappa shape index (κ3) is 4.10. The van der Waals surface area contributed by atoms with Crippen LogP contribution in [-0.4, -0.2) is 58.1 Å². The largest absolute Gasteiger partial charge is 0.337 e. The molecule has 2 rings (SSSR count). The first-order valence-electron chi connectivity index (χ1n) is 8.20. The van der Waals surface area contributed by atoms with E-state index in [1.54, 1.807) is 11.9 Å². The van der Waals surface area contributed by atoms with Gasteiger partial charge < -0.3 is 19.7 Å². The predicted octanol–water partition coefficient (Wildman–Crippen LogP) is 0.578. The Hall–Kier alpha value is -1.89. The maximum absolute atomic E-state index is 12.3. The van der Waals surface area contributed by atoms with Gasteiger partial charge in [-0.1, -0.05) is 6.92 Å². The molecule has 0 saturated carbocycles. The summed E-state index contributed by atoms with van der Waals surface area (Å²) in [6.45, 7) is 6.73. The molecule has 2 heterocycles. The number of hydrogen-bond donors (Lipinski definition) is 1. The average Bonchev–Trinajstić information content (AvgIpc) is 2.56. The molecule has 7 heteroatoms. The number of aromatic nitrogens is 2. The van der Waals surface area contributed by atoms with E-state index in [0.717, 1.165) is 18.5 Å². The zero-order valence-electron chi connectivity index (χ0n) is 14.5. The molecule has 128 valence electrons. The Balaban J connectivity index is 1.88. The molecule has 1 aromatic rings. The molecule has 7 nitrogen and oxygen atoms in total. The molecule has 2 amide bonds. The van der Waals surface area contributed by atoms with Crippen LogP contribution in [0.15, 0.2) is 11.1 Å². The van der Waals surface area contributed by atoms with Gasteiger partial charge in [-0.25, -0.2) is 9.78 Å². The van der Waals surface area contributed by atoms with Crippen LogP contribution in [0.25, 0.3) is 0 Å². The minimum Gasteiger partial charge on any atom is -0.337 e. The Morgan fingerprint density at radius 1 is 1.52 bits per heavy atom. The van der Waals surface area contributed by atoms with E-state index < -0.39 is 0 Å². The van der Waals surface area contributed by atoms with Gasteiger partial charge in [-0.15, -0.1) is 0 Å². The minimum atomic E-state index is -0.0873. The van der Waals surface area contributed by atoms with E-state index in [2.05, 4.69) is 36.1 Å². The molecule has 1 N–H and O–H groups in total. The van der Waals surface area contributed by atoms with Crippen molar-refractivity contribution in [3.05, 3.63) is 27.9 Å². The Kier molecular flexibility index (Phi) is 5.76.